The normalized spacial score (nSPS) is 10.0. The summed E-state index contributed by atoms with van der Waals surface area (Å²) in [6.45, 7) is 1.99. The molecule has 0 bridgehead atoms. The molecule has 120 valence electrons. The largest absolute Gasteiger partial charge is 0.465 e. The second kappa shape index (κ2) is 7.78. The summed E-state index contributed by atoms with van der Waals surface area (Å²) in [5, 5.41) is 5.83. The minimum atomic E-state index is -0.437. The van der Waals surface area contributed by atoms with Crippen LogP contribution in [0.4, 0.5) is 11.4 Å². The van der Waals surface area contributed by atoms with E-state index in [-0.39, 0.29) is 12.5 Å². The molecule has 2 rings (SSSR count). The lowest BCUT2D eigenvalue weighted by Gasteiger charge is -2.11. The Morgan fingerprint density at radius 2 is 1.83 bits per heavy atom. The summed E-state index contributed by atoms with van der Waals surface area (Å²) < 4.78 is 5.66. The molecule has 0 atom stereocenters. The zero-order valence-corrected chi connectivity index (χ0v) is 14.4. The van der Waals surface area contributed by atoms with Crippen LogP contribution in [0.25, 0.3) is 0 Å². The molecule has 0 radical (unpaired) electrons. The fraction of sp³-hybridized carbons (Fsp3) is 0.176. The van der Waals surface area contributed by atoms with Crippen LogP contribution >= 0.6 is 15.9 Å². The van der Waals surface area contributed by atoms with Crippen LogP contribution in [0.5, 0.6) is 0 Å². The van der Waals surface area contributed by atoms with Crippen LogP contribution in [-0.2, 0) is 9.53 Å². The predicted octanol–water partition coefficient (Wildman–Crippen LogP) is 3.59. The molecule has 1 amide bonds. The van der Waals surface area contributed by atoms with E-state index in [0.717, 1.165) is 15.7 Å². The second-order valence-corrected chi connectivity index (χ2v) is 5.85. The lowest BCUT2D eigenvalue weighted by Crippen LogP contribution is -2.22. The van der Waals surface area contributed by atoms with Gasteiger partial charge in [-0.25, -0.2) is 4.79 Å². The molecule has 2 aromatic carbocycles. The van der Waals surface area contributed by atoms with E-state index >= 15 is 0 Å². The fourth-order valence-corrected chi connectivity index (χ4v) is 2.21. The van der Waals surface area contributed by atoms with Gasteiger partial charge in [0.05, 0.1) is 19.2 Å². The van der Waals surface area contributed by atoms with Crippen molar-refractivity contribution in [1.29, 1.82) is 0 Å². The third kappa shape index (κ3) is 4.82. The van der Waals surface area contributed by atoms with E-state index in [9.17, 15) is 9.59 Å². The van der Waals surface area contributed by atoms with Gasteiger partial charge in [-0.1, -0.05) is 22.0 Å². The van der Waals surface area contributed by atoms with Crippen molar-refractivity contribution < 1.29 is 14.3 Å². The number of carbonyl (C=O) groups is 2. The Balaban J connectivity index is 1.99. The second-order valence-electron chi connectivity index (χ2n) is 4.93. The van der Waals surface area contributed by atoms with Crippen molar-refractivity contribution in [2.24, 2.45) is 0 Å². The van der Waals surface area contributed by atoms with E-state index in [1.54, 1.807) is 18.2 Å². The first-order chi connectivity index (χ1) is 11.0. The Labute approximate surface area is 143 Å². The number of methoxy groups -OCH3 is 1. The first-order valence-corrected chi connectivity index (χ1v) is 7.77. The van der Waals surface area contributed by atoms with Gasteiger partial charge in [0, 0.05) is 15.8 Å². The van der Waals surface area contributed by atoms with E-state index in [0.29, 0.717) is 11.3 Å². The average Bonchev–Trinajstić information content (AvgIpc) is 2.55. The maximum absolute atomic E-state index is 12.1. The maximum Gasteiger partial charge on any atom is 0.337 e. The topological polar surface area (TPSA) is 67.4 Å². The highest BCUT2D eigenvalue weighted by atomic mass is 79.9. The molecule has 0 saturated carbocycles. The Bertz CT molecular complexity index is 714. The number of halogens is 1. The smallest absolute Gasteiger partial charge is 0.337 e. The highest BCUT2D eigenvalue weighted by Crippen LogP contribution is 2.18. The maximum atomic E-state index is 12.1. The van der Waals surface area contributed by atoms with Gasteiger partial charge in [0.25, 0.3) is 0 Å². The Kier molecular flexibility index (Phi) is 5.76. The predicted molar refractivity (Wildman–Crippen MR) is 93.8 cm³/mol. The van der Waals surface area contributed by atoms with E-state index < -0.39 is 5.97 Å². The molecular formula is C17H17BrN2O3. The number of carbonyl (C=O) groups excluding carboxylic acids is 2. The van der Waals surface area contributed by atoms with Crippen LogP contribution in [0.3, 0.4) is 0 Å². The van der Waals surface area contributed by atoms with Crippen molar-refractivity contribution >= 4 is 39.2 Å². The van der Waals surface area contributed by atoms with Crippen LogP contribution < -0.4 is 10.6 Å². The summed E-state index contributed by atoms with van der Waals surface area (Å²) in [4.78, 5) is 23.6. The molecule has 6 heteroatoms. The van der Waals surface area contributed by atoms with Crippen molar-refractivity contribution in [2.75, 3.05) is 24.3 Å². The van der Waals surface area contributed by atoms with E-state index in [1.165, 1.54) is 7.11 Å². The Morgan fingerprint density at radius 3 is 2.48 bits per heavy atom. The summed E-state index contributed by atoms with van der Waals surface area (Å²) in [7, 11) is 1.32. The molecule has 0 unspecified atom stereocenters. The van der Waals surface area contributed by atoms with Crippen LogP contribution in [-0.4, -0.2) is 25.5 Å². The summed E-state index contributed by atoms with van der Waals surface area (Å²) in [6.07, 6.45) is 0. The highest BCUT2D eigenvalue weighted by molar-refractivity contribution is 9.10. The van der Waals surface area contributed by atoms with E-state index in [4.69, 9.17) is 0 Å². The van der Waals surface area contributed by atoms with Gasteiger partial charge in [0.1, 0.15) is 0 Å². The number of hydrogen-bond acceptors (Lipinski definition) is 4. The molecule has 0 heterocycles. The summed E-state index contributed by atoms with van der Waals surface area (Å²) in [5.41, 5.74) is 2.71. The molecule has 2 aromatic rings. The van der Waals surface area contributed by atoms with Gasteiger partial charge in [-0.2, -0.15) is 0 Å². The van der Waals surface area contributed by atoms with Gasteiger partial charge in [-0.3, -0.25) is 4.79 Å². The first kappa shape index (κ1) is 17.0. The number of aryl methyl sites for hydroxylation is 1. The zero-order chi connectivity index (χ0) is 16.8. The van der Waals surface area contributed by atoms with Crippen molar-refractivity contribution in [3.8, 4) is 0 Å². The molecule has 0 aliphatic heterocycles. The number of hydrogen-bond donors (Lipinski definition) is 2. The number of anilines is 2. The van der Waals surface area contributed by atoms with E-state index in [2.05, 4.69) is 31.3 Å². The first-order valence-electron chi connectivity index (χ1n) is 6.98. The quantitative estimate of drug-likeness (QED) is 0.782. The van der Waals surface area contributed by atoms with Crippen LogP contribution in [0.2, 0.25) is 0 Å². The minimum Gasteiger partial charge on any atom is -0.465 e. The SMILES string of the molecule is COC(=O)c1ccc(C)c(NC(=O)CNc2ccc(Br)cc2)c1. The minimum absolute atomic E-state index is 0.128. The van der Waals surface area contributed by atoms with Crippen LogP contribution in [0.15, 0.2) is 46.9 Å². The summed E-state index contributed by atoms with van der Waals surface area (Å²) in [6, 6.07) is 12.6. The molecule has 0 aliphatic carbocycles. The molecule has 0 spiro atoms. The lowest BCUT2D eigenvalue weighted by atomic mass is 10.1. The summed E-state index contributed by atoms with van der Waals surface area (Å²) in [5.74, 6) is -0.633. The van der Waals surface area contributed by atoms with Gasteiger partial charge in [-0.05, 0) is 48.9 Å². The number of amides is 1. The zero-order valence-electron chi connectivity index (χ0n) is 12.9. The monoisotopic (exact) mass is 376 g/mol. The molecule has 0 fully saturated rings. The molecule has 2 N–H and O–H groups in total. The number of esters is 1. The third-order valence-electron chi connectivity index (χ3n) is 3.23. The fourth-order valence-electron chi connectivity index (χ4n) is 1.95. The number of rotatable bonds is 5. The third-order valence-corrected chi connectivity index (χ3v) is 3.76. The van der Waals surface area contributed by atoms with Crippen molar-refractivity contribution in [3.05, 3.63) is 58.1 Å². The molecule has 0 aliphatic rings. The Hall–Kier alpha value is -2.34. The van der Waals surface area contributed by atoms with Gasteiger partial charge in [-0.15, -0.1) is 0 Å². The standard InChI is InChI=1S/C17H17BrN2O3/c1-11-3-4-12(17(22)23-2)9-15(11)20-16(21)10-19-14-7-5-13(18)6-8-14/h3-9,19H,10H2,1-2H3,(H,20,21). The average molecular weight is 377 g/mol. The Morgan fingerprint density at radius 1 is 1.13 bits per heavy atom. The van der Waals surface area contributed by atoms with Gasteiger partial charge >= 0.3 is 5.97 Å². The van der Waals surface area contributed by atoms with Crippen molar-refractivity contribution in [2.45, 2.75) is 6.92 Å². The van der Waals surface area contributed by atoms with E-state index in [1.807, 2.05) is 31.2 Å². The van der Waals surface area contributed by atoms with Gasteiger partial charge < -0.3 is 15.4 Å². The molecule has 0 aromatic heterocycles. The van der Waals surface area contributed by atoms with Gasteiger partial charge in [0.15, 0.2) is 0 Å². The lowest BCUT2D eigenvalue weighted by molar-refractivity contribution is -0.114. The molecular weight excluding hydrogens is 360 g/mol. The van der Waals surface area contributed by atoms with Crippen LogP contribution in [0.1, 0.15) is 15.9 Å². The number of nitrogens with one attached hydrogen (secondary N) is 2. The molecule has 5 nitrogen and oxygen atoms in total. The van der Waals surface area contributed by atoms with Crippen LogP contribution in [0, 0.1) is 6.92 Å². The number of ether oxygens (including phenoxy) is 1. The van der Waals surface area contributed by atoms with Crippen molar-refractivity contribution in [1.82, 2.24) is 0 Å². The molecule has 23 heavy (non-hydrogen) atoms. The highest BCUT2D eigenvalue weighted by Gasteiger charge is 2.10. The molecule has 0 saturated heterocycles. The summed E-state index contributed by atoms with van der Waals surface area (Å²) >= 11 is 3.36. The number of benzene rings is 2. The van der Waals surface area contributed by atoms with Gasteiger partial charge in [0.2, 0.25) is 5.91 Å². The van der Waals surface area contributed by atoms with Crippen molar-refractivity contribution in [3.63, 3.8) is 0 Å².